The van der Waals surface area contributed by atoms with Gasteiger partial charge in [0, 0.05) is 5.56 Å². The first kappa shape index (κ1) is 14.3. The third-order valence-corrected chi connectivity index (χ3v) is 3.40. The van der Waals surface area contributed by atoms with E-state index >= 15 is 0 Å². The first-order valence-corrected chi connectivity index (χ1v) is 6.51. The summed E-state index contributed by atoms with van der Waals surface area (Å²) in [7, 11) is 1.48. The van der Waals surface area contributed by atoms with E-state index in [0.717, 1.165) is 0 Å². The van der Waals surface area contributed by atoms with Crippen LogP contribution in [0.4, 0.5) is 10.1 Å². The van der Waals surface area contributed by atoms with Crippen LogP contribution in [0.15, 0.2) is 46.0 Å². The minimum atomic E-state index is -0.303. The highest BCUT2D eigenvalue weighted by atomic mass is 79.9. The van der Waals surface area contributed by atoms with Gasteiger partial charge in [-0.25, -0.2) is 4.39 Å². The average molecular weight is 339 g/mol. The summed E-state index contributed by atoms with van der Waals surface area (Å²) in [6.07, 6.45) is 1.53. The maximum absolute atomic E-state index is 12.7. The predicted octanol–water partition coefficient (Wildman–Crippen LogP) is 3.75. The smallest absolute Gasteiger partial charge is 0.172 e. The van der Waals surface area contributed by atoms with Crippen molar-refractivity contribution in [1.82, 2.24) is 0 Å². The zero-order valence-electron chi connectivity index (χ0n) is 10.6. The molecule has 2 rings (SSSR count). The van der Waals surface area contributed by atoms with E-state index in [1.165, 1.54) is 25.5 Å². The lowest BCUT2D eigenvalue weighted by Gasteiger charge is -2.07. The van der Waals surface area contributed by atoms with Crippen LogP contribution in [0.2, 0.25) is 0 Å². The van der Waals surface area contributed by atoms with Gasteiger partial charge >= 0.3 is 0 Å². The van der Waals surface area contributed by atoms with Gasteiger partial charge in [0.2, 0.25) is 0 Å². The second-order valence-corrected chi connectivity index (χ2v) is 4.69. The first-order valence-electron chi connectivity index (χ1n) is 5.72. The molecule has 0 saturated carbocycles. The third-order valence-electron chi connectivity index (χ3n) is 2.57. The molecule has 2 N–H and O–H groups in total. The van der Waals surface area contributed by atoms with Crippen molar-refractivity contribution < 1.29 is 14.2 Å². The lowest BCUT2D eigenvalue weighted by atomic mass is 10.2. The lowest BCUT2D eigenvalue weighted by Crippen LogP contribution is -1.93. The molecule has 0 bridgehead atoms. The molecule has 0 aliphatic rings. The molecule has 4 nitrogen and oxygen atoms in total. The fourth-order valence-electron chi connectivity index (χ4n) is 1.53. The van der Waals surface area contributed by atoms with Gasteiger partial charge in [-0.3, -0.25) is 5.43 Å². The molecule has 20 heavy (non-hydrogen) atoms. The molecule has 0 fully saturated rings. The van der Waals surface area contributed by atoms with Crippen LogP contribution in [-0.4, -0.2) is 18.4 Å². The van der Waals surface area contributed by atoms with Crippen LogP contribution in [0.1, 0.15) is 5.56 Å². The van der Waals surface area contributed by atoms with Crippen molar-refractivity contribution in [3.05, 3.63) is 52.3 Å². The van der Waals surface area contributed by atoms with E-state index in [4.69, 9.17) is 4.74 Å². The van der Waals surface area contributed by atoms with Crippen LogP contribution >= 0.6 is 15.9 Å². The van der Waals surface area contributed by atoms with Gasteiger partial charge in [-0.2, -0.15) is 5.10 Å². The predicted molar refractivity (Wildman–Crippen MR) is 80.0 cm³/mol. The van der Waals surface area contributed by atoms with Gasteiger partial charge in [0.25, 0.3) is 0 Å². The normalized spacial score (nSPS) is 10.8. The molecule has 0 aliphatic carbocycles. The van der Waals surface area contributed by atoms with E-state index in [0.29, 0.717) is 21.5 Å². The van der Waals surface area contributed by atoms with Crippen molar-refractivity contribution in [3.63, 3.8) is 0 Å². The van der Waals surface area contributed by atoms with Crippen molar-refractivity contribution in [2.75, 3.05) is 12.5 Å². The number of methoxy groups -OCH3 is 1. The molecule has 0 unspecified atom stereocenters. The highest BCUT2D eigenvalue weighted by molar-refractivity contribution is 9.10. The van der Waals surface area contributed by atoms with Crippen LogP contribution in [0.5, 0.6) is 11.5 Å². The Morgan fingerprint density at radius 2 is 1.95 bits per heavy atom. The Balaban J connectivity index is 2.12. The second kappa shape index (κ2) is 6.38. The Morgan fingerprint density at radius 1 is 1.25 bits per heavy atom. The summed E-state index contributed by atoms with van der Waals surface area (Å²) >= 11 is 3.27. The molecular weight excluding hydrogens is 327 g/mol. The van der Waals surface area contributed by atoms with Crippen LogP contribution in [0, 0.1) is 5.82 Å². The number of anilines is 1. The highest BCUT2D eigenvalue weighted by Crippen LogP contribution is 2.35. The number of halogens is 2. The topological polar surface area (TPSA) is 53.8 Å². The van der Waals surface area contributed by atoms with Crippen LogP contribution in [0.3, 0.4) is 0 Å². The maximum Gasteiger partial charge on any atom is 0.172 e. The van der Waals surface area contributed by atoms with E-state index in [1.54, 1.807) is 24.3 Å². The van der Waals surface area contributed by atoms with Crippen molar-refractivity contribution in [3.8, 4) is 11.5 Å². The number of phenols is 1. The fourth-order valence-corrected chi connectivity index (χ4v) is 1.96. The number of rotatable bonds is 4. The van der Waals surface area contributed by atoms with Gasteiger partial charge in [0.1, 0.15) is 5.82 Å². The molecule has 0 aliphatic heterocycles. The van der Waals surface area contributed by atoms with Gasteiger partial charge in [0.15, 0.2) is 11.5 Å². The number of benzene rings is 2. The number of phenolic OH excluding ortho intramolecular Hbond substituents is 1. The number of hydrogen-bond donors (Lipinski definition) is 2. The van der Waals surface area contributed by atoms with Gasteiger partial charge in [-0.15, -0.1) is 0 Å². The van der Waals surface area contributed by atoms with E-state index < -0.39 is 0 Å². The molecule has 0 heterocycles. The van der Waals surface area contributed by atoms with Crippen LogP contribution < -0.4 is 10.2 Å². The van der Waals surface area contributed by atoms with Crippen LogP contribution in [-0.2, 0) is 0 Å². The first-order chi connectivity index (χ1) is 9.61. The zero-order chi connectivity index (χ0) is 14.5. The molecule has 2 aromatic rings. The molecule has 0 aromatic heterocycles. The molecular formula is C14H12BrFN2O2. The fraction of sp³-hybridized carbons (Fsp3) is 0.0714. The van der Waals surface area contributed by atoms with Gasteiger partial charge in [-0.1, -0.05) is 0 Å². The van der Waals surface area contributed by atoms with Crippen molar-refractivity contribution in [1.29, 1.82) is 0 Å². The SMILES string of the molecule is COc1ccc(C=NNc2ccc(F)cc2)c(Br)c1O. The molecule has 6 heteroatoms. The number of nitrogens with one attached hydrogen (secondary N) is 1. The Morgan fingerprint density at radius 3 is 2.60 bits per heavy atom. The average Bonchev–Trinajstić information content (AvgIpc) is 2.46. The summed E-state index contributed by atoms with van der Waals surface area (Å²) in [6, 6.07) is 9.22. The van der Waals surface area contributed by atoms with Crippen molar-refractivity contribution in [2.24, 2.45) is 5.10 Å². The molecule has 0 spiro atoms. The highest BCUT2D eigenvalue weighted by Gasteiger charge is 2.09. The monoisotopic (exact) mass is 338 g/mol. The maximum atomic E-state index is 12.7. The summed E-state index contributed by atoms with van der Waals surface area (Å²) in [5.41, 5.74) is 4.11. The minimum Gasteiger partial charge on any atom is -0.503 e. The van der Waals surface area contributed by atoms with Gasteiger partial charge in [0.05, 0.1) is 23.5 Å². The number of ether oxygens (including phenoxy) is 1. The van der Waals surface area contributed by atoms with E-state index in [2.05, 4.69) is 26.5 Å². The van der Waals surface area contributed by atoms with E-state index in [-0.39, 0.29) is 11.6 Å². The third kappa shape index (κ3) is 3.27. The summed E-state index contributed by atoms with van der Waals surface area (Å²) in [6.45, 7) is 0. The van der Waals surface area contributed by atoms with E-state index in [9.17, 15) is 9.50 Å². The molecule has 0 amide bonds. The van der Waals surface area contributed by atoms with E-state index in [1.807, 2.05) is 0 Å². The largest absolute Gasteiger partial charge is 0.503 e. The summed E-state index contributed by atoms with van der Waals surface area (Å²) in [5, 5.41) is 13.8. The Labute approximate surface area is 124 Å². The number of hydrogen-bond acceptors (Lipinski definition) is 4. The summed E-state index contributed by atoms with van der Waals surface area (Å²) in [5.74, 6) is 0.0844. The summed E-state index contributed by atoms with van der Waals surface area (Å²) in [4.78, 5) is 0. The Bertz CT molecular complexity index is 630. The standard InChI is InChI=1S/C14H12BrFN2O2/c1-20-12-7-2-9(13(15)14(12)19)8-17-18-11-5-3-10(16)4-6-11/h2-8,18-19H,1H3. The molecule has 2 aromatic carbocycles. The van der Waals surface area contributed by atoms with Gasteiger partial charge in [-0.05, 0) is 52.3 Å². The number of aromatic hydroxyl groups is 1. The van der Waals surface area contributed by atoms with Gasteiger partial charge < -0.3 is 9.84 Å². The Kier molecular flexibility index (Phi) is 4.57. The molecule has 0 radical (unpaired) electrons. The quantitative estimate of drug-likeness (QED) is 0.659. The van der Waals surface area contributed by atoms with Crippen LogP contribution in [0.25, 0.3) is 0 Å². The zero-order valence-corrected chi connectivity index (χ0v) is 12.2. The molecule has 0 atom stereocenters. The number of nitrogens with zero attached hydrogens (tertiary/aromatic N) is 1. The van der Waals surface area contributed by atoms with Crippen molar-refractivity contribution in [2.45, 2.75) is 0 Å². The second-order valence-electron chi connectivity index (χ2n) is 3.90. The minimum absolute atomic E-state index is 0.0123. The lowest BCUT2D eigenvalue weighted by molar-refractivity contribution is 0.372. The number of hydrazone groups is 1. The molecule has 104 valence electrons. The molecule has 0 saturated heterocycles. The van der Waals surface area contributed by atoms with Crippen molar-refractivity contribution >= 4 is 27.8 Å². The summed E-state index contributed by atoms with van der Waals surface area (Å²) < 4.78 is 18.2. The Hall–Kier alpha value is -2.08.